The van der Waals surface area contributed by atoms with Gasteiger partial charge in [-0.25, -0.2) is 0 Å². The summed E-state index contributed by atoms with van der Waals surface area (Å²) in [5.41, 5.74) is 0. The van der Waals surface area contributed by atoms with Crippen LogP contribution in [0.2, 0.25) is 0 Å². The minimum absolute atomic E-state index is 0.826. The fourth-order valence-electron chi connectivity index (χ4n) is 5.29. The molecule has 0 aromatic carbocycles. The number of fused-ring (bicyclic) bond motifs is 5. The molecule has 2 bridgehead atoms. The molecule has 0 aromatic rings. The van der Waals surface area contributed by atoms with Crippen LogP contribution in [0.3, 0.4) is 0 Å². The standard InChI is InChI=1S/C17H29N/c1-3-4-5-6-7-8-14(18-2)17-15-12-9-10-13(11-12)16(15)17/h3,12-18H,1,4-11H2,2H3. The molecule has 102 valence electrons. The van der Waals surface area contributed by atoms with Crippen molar-refractivity contribution in [2.75, 3.05) is 7.05 Å². The number of unbranched alkanes of at least 4 members (excludes halogenated alkanes) is 3. The van der Waals surface area contributed by atoms with Gasteiger partial charge in [-0.1, -0.05) is 18.9 Å². The van der Waals surface area contributed by atoms with Gasteiger partial charge in [-0.2, -0.15) is 0 Å². The molecule has 0 aliphatic heterocycles. The highest BCUT2D eigenvalue weighted by molar-refractivity contribution is 5.15. The third kappa shape index (κ3) is 2.15. The Kier molecular flexibility index (Phi) is 3.79. The lowest BCUT2D eigenvalue weighted by molar-refractivity contribution is 0.355. The SMILES string of the molecule is C=CCCCCCC(NC)C1C2C3CCC(C3)C21. The summed E-state index contributed by atoms with van der Waals surface area (Å²) in [5, 5.41) is 3.63. The summed E-state index contributed by atoms with van der Waals surface area (Å²) in [4.78, 5) is 0. The van der Waals surface area contributed by atoms with E-state index in [1.165, 1.54) is 32.1 Å². The molecule has 3 fully saturated rings. The highest BCUT2D eigenvalue weighted by Gasteiger charge is 2.66. The molecule has 0 saturated heterocycles. The van der Waals surface area contributed by atoms with Gasteiger partial charge in [0.05, 0.1) is 0 Å². The van der Waals surface area contributed by atoms with Crippen LogP contribution in [0.1, 0.15) is 51.4 Å². The number of hydrogen-bond donors (Lipinski definition) is 1. The Bertz CT molecular complexity index is 282. The maximum atomic E-state index is 3.80. The Hall–Kier alpha value is -0.300. The molecule has 0 radical (unpaired) electrons. The van der Waals surface area contributed by atoms with Crippen molar-refractivity contribution in [1.82, 2.24) is 5.32 Å². The zero-order valence-electron chi connectivity index (χ0n) is 11.9. The molecule has 1 nitrogen and oxygen atoms in total. The van der Waals surface area contributed by atoms with Crippen LogP contribution >= 0.6 is 0 Å². The average molecular weight is 247 g/mol. The molecule has 3 aliphatic carbocycles. The summed E-state index contributed by atoms with van der Waals surface area (Å²) in [6.07, 6.45) is 13.5. The molecule has 18 heavy (non-hydrogen) atoms. The van der Waals surface area contributed by atoms with Gasteiger partial charge in [0.15, 0.2) is 0 Å². The van der Waals surface area contributed by atoms with Gasteiger partial charge in [0, 0.05) is 6.04 Å². The summed E-state index contributed by atoms with van der Waals surface area (Å²) in [6.45, 7) is 3.80. The fraction of sp³-hybridized carbons (Fsp3) is 0.882. The molecule has 1 heteroatoms. The minimum Gasteiger partial charge on any atom is -0.317 e. The number of nitrogens with one attached hydrogen (secondary N) is 1. The van der Waals surface area contributed by atoms with Crippen molar-refractivity contribution in [3.8, 4) is 0 Å². The quantitative estimate of drug-likeness (QED) is 0.505. The Balaban J connectivity index is 1.42. The second-order valence-electron chi connectivity index (χ2n) is 6.89. The summed E-state index contributed by atoms with van der Waals surface area (Å²) in [5.74, 6) is 5.58. The van der Waals surface area contributed by atoms with E-state index in [-0.39, 0.29) is 0 Å². The normalized spacial score (nSPS) is 41.7. The first-order valence-corrected chi connectivity index (χ1v) is 8.15. The van der Waals surface area contributed by atoms with Crippen LogP contribution in [-0.4, -0.2) is 13.1 Å². The summed E-state index contributed by atoms with van der Waals surface area (Å²) >= 11 is 0. The molecule has 1 N–H and O–H groups in total. The third-order valence-corrected chi connectivity index (χ3v) is 6.05. The Morgan fingerprint density at radius 1 is 1.17 bits per heavy atom. The fourth-order valence-corrected chi connectivity index (χ4v) is 5.29. The molecule has 5 unspecified atom stereocenters. The predicted octanol–water partition coefficient (Wildman–Crippen LogP) is 4.00. The average Bonchev–Trinajstić information content (AvgIpc) is 2.81. The lowest BCUT2D eigenvalue weighted by Crippen LogP contribution is -2.30. The highest BCUT2D eigenvalue weighted by atomic mass is 14.9. The van der Waals surface area contributed by atoms with Crippen molar-refractivity contribution in [2.45, 2.75) is 57.4 Å². The first-order chi connectivity index (χ1) is 8.86. The molecular formula is C17H29N. The highest BCUT2D eigenvalue weighted by Crippen LogP contribution is 2.70. The lowest BCUT2D eigenvalue weighted by atomic mass is 9.94. The number of allylic oxidation sites excluding steroid dienone is 1. The summed E-state index contributed by atoms with van der Waals surface area (Å²) in [6, 6.07) is 0.826. The second kappa shape index (κ2) is 5.36. The van der Waals surface area contributed by atoms with Crippen molar-refractivity contribution in [3.05, 3.63) is 12.7 Å². The van der Waals surface area contributed by atoms with E-state index >= 15 is 0 Å². The third-order valence-electron chi connectivity index (χ3n) is 6.05. The lowest BCUT2D eigenvalue weighted by Gasteiger charge is -2.20. The molecular weight excluding hydrogens is 218 g/mol. The molecule has 3 saturated carbocycles. The smallest absolute Gasteiger partial charge is 0.00980 e. The molecule has 5 atom stereocenters. The first kappa shape index (κ1) is 12.7. The zero-order chi connectivity index (χ0) is 12.5. The van der Waals surface area contributed by atoms with E-state index in [1.54, 1.807) is 19.3 Å². The van der Waals surface area contributed by atoms with E-state index in [9.17, 15) is 0 Å². The van der Waals surface area contributed by atoms with Gasteiger partial charge in [-0.3, -0.25) is 0 Å². The maximum Gasteiger partial charge on any atom is 0.00980 e. The van der Waals surface area contributed by atoms with E-state index in [0.717, 1.165) is 35.6 Å². The van der Waals surface area contributed by atoms with E-state index in [2.05, 4.69) is 25.0 Å². The molecule has 0 amide bonds. The van der Waals surface area contributed by atoms with Gasteiger partial charge in [0.25, 0.3) is 0 Å². The van der Waals surface area contributed by atoms with E-state index < -0.39 is 0 Å². The Morgan fingerprint density at radius 3 is 2.50 bits per heavy atom. The van der Waals surface area contributed by atoms with Crippen molar-refractivity contribution < 1.29 is 0 Å². The van der Waals surface area contributed by atoms with E-state index in [4.69, 9.17) is 0 Å². The van der Waals surface area contributed by atoms with Gasteiger partial charge in [0.1, 0.15) is 0 Å². The van der Waals surface area contributed by atoms with Crippen LogP contribution in [0.25, 0.3) is 0 Å². The van der Waals surface area contributed by atoms with Crippen LogP contribution in [0.15, 0.2) is 12.7 Å². The monoisotopic (exact) mass is 247 g/mol. The van der Waals surface area contributed by atoms with Gasteiger partial charge < -0.3 is 5.32 Å². The molecule has 0 spiro atoms. The molecule has 3 rings (SSSR count). The zero-order valence-corrected chi connectivity index (χ0v) is 11.9. The topological polar surface area (TPSA) is 12.0 Å². The van der Waals surface area contributed by atoms with E-state index in [1.807, 2.05) is 0 Å². The van der Waals surface area contributed by atoms with Crippen LogP contribution < -0.4 is 5.32 Å². The first-order valence-electron chi connectivity index (χ1n) is 8.15. The van der Waals surface area contributed by atoms with Gasteiger partial charge in [0.2, 0.25) is 0 Å². The largest absolute Gasteiger partial charge is 0.317 e. The summed E-state index contributed by atoms with van der Waals surface area (Å²) < 4.78 is 0. The van der Waals surface area contributed by atoms with Crippen molar-refractivity contribution >= 4 is 0 Å². The predicted molar refractivity (Wildman–Crippen MR) is 77.4 cm³/mol. The summed E-state index contributed by atoms with van der Waals surface area (Å²) in [7, 11) is 2.18. The van der Waals surface area contributed by atoms with Gasteiger partial charge in [-0.15, -0.1) is 6.58 Å². The minimum atomic E-state index is 0.826. The van der Waals surface area contributed by atoms with E-state index in [0.29, 0.717) is 0 Å². The van der Waals surface area contributed by atoms with Crippen LogP contribution in [0.4, 0.5) is 0 Å². The molecule has 3 aliphatic rings. The Labute approximate surface area is 112 Å². The second-order valence-corrected chi connectivity index (χ2v) is 6.89. The van der Waals surface area contributed by atoms with Crippen molar-refractivity contribution in [2.24, 2.45) is 29.6 Å². The van der Waals surface area contributed by atoms with Crippen LogP contribution in [-0.2, 0) is 0 Å². The Morgan fingerprint density at radius 2 is 1.89 bits per heavy atom. The van der Waals surface area contributed by atoms with Gasteiger partial charge >= 0.3 is 0 Å². The maximum absolute atomic E-state index is 3.80. The van der Waals surface area contributed by atoms with Crippen LogP contribution in [0.5, 0.6) is 0 Å². The number of rotatable bonds is 8. The van der Waals surface area contributed by atoms with Crippen molar-refractivity contribution in [3.63, 3.8) is 0 Å². The molecule has 0 aromatic heterocycles. The molecule has 0 heterocycles. The van der Waals surface area contributed by atoms with Crippen molar-refractivity contribution in [1.29, 1.82) is 0 Å². The van der Waals surface area contributed by atoms with Crippen LogP contribution in [0, 0.1) is 29.6 Å². The van der Waals surface area contributed by atoms with Gasteiger partial charge in [-0.05, 0) is 75.2 Å². The number of hydrogen-bond acceptors (Lipinski definition) is 1.